The van der Waals surface area contributed by atoms with Gasteiger partial charge in [-0.2, -0.15) is 13.2 Å². The van der Waals surface area contributed by atoms with Crippen molar-refractivity contribution in [2.75, 3.05) is 5.75 Å². The van der Waals surface area contributed by atoms with Crippen molar-refractivity contribution in [2.24, 2.45) is 0 Å². The van der Waals surface area contributed by atoms with Gasteiger partial charge in [-0.1, -0.05) is 0 Å². The second-order valence-corrected chi connectivity index (χ2v) is 3.57. The molecule has 0 aliphatic rings. The highest BCUT2D eigenvalue weighted by Crippen LogP contribution is 2.17. The second-order valence-electron chi connectivity index (χ2n) is 1.68. The summed E-state index contributed by atoms with van der Waals surface area (Å²) in [5.74, 6) is -2.03. The van der Waals surface area contributed by atoms with Crippen molar-refractivity contribution in [3.05, 3.63) is 11.7 Å². The van der Waals surface area contributed by atoms with Gasteiger partial charge in [0.2, 0.25) is 0 Å². The number of hydrogen-bond acceptors (Lipinski definition) is 2. The lowest BCUT2D eigenvalue weighted by Gasteiger charge is -2.02. The maximum Gasteiger partial charge on any atom is 0.403 e. The van der Waals surface area contributed by atoms with E-state index in [-0.39, 0.29) is 5.41 Å². The van der Waals surface area contributed by atoms with E-state index in [1.807, 2.05) is 0 Å². The van der Waals surface area contributed by atoms with Gasteiger partial charge in [0, 0.05) is 0 Å². The van der Waals surface area contributed by atoms with Crippen LogP contribution in [0.3, 0.4) is 0 Å². The smallest absolute Gasteiger partial charge is 0.224 e. The average molecular weight is 192 g/mol. The Balaban J connectivity index is 4.39. The van der Waals surface area contributed by atoms with Gasteiger partial charge in [0.25, 0.3) is 0 Å². The van der Waals surface area contributed by atoms with E-state index in [0.717, 1.165) is 0 Å². The molecule has 0 aromatic rings. The molecule has 0 unspecified atom stereocenters. The zero-order valence-electron chi connectivity index (χ0n) is 5.10. The SMILES string of the molecule is O=S(=O)(/C=C/F)CC(F)(F)F. The Kier molecular flexibility index (Phi) is 3.03. The highest BCUT2D eigenvalue weighted by Gasteiger charge is 2.33. The molecule has 0 rings (SSSR count). The van der Waals surface area contributed by atoms with Gasteiger partial charge in [-0.25, -0.2) is 12.8 Å². The minimum Gasteiger partial charge on any atom is -0.224 e. The predicted octanol–water partition coefficient (Wildman–Crippen LogP) is 1.40. The Morgan fingerprint density at radius 2 is 1.73 bits per heavy atom. The summed E-state index contributed by atoms with van der Waals surface area (Å²) in [7, 11) is -4.47. The monoisotopic (exact) mass is 192 g/mol. The average Bonchev–Trinajstić information content (AvgIpc) is 1.55. The third kappa shape index (κ3) is 5.84. The molecule has 0 radical (unpaired) electrons. The van der Waals surface area contributed by atoms with Crippen LogP contribution in [0.4, 0.5) is 17.6 Å². The molecule has 0 aliphatic carbocycles. The van der Waals surface area contributed by atoms with E-state index in [1.54, 1.807) is 0 Å². The third-order valence-corrected chi connectivity index (χ3v) is 1.87. The summed E-state index contributed by atoms with van der Waals surface area (Å²) in [5.41, 5.74) is 0. The molecule has 0 N–H and O–H groups in total. The Labute approximate surface area is 60.4 Å². The third-order valence-electron chi connectivity index (χ3n) is 0.624. The van der Waals surface area contributed by atoms with Crippen LogP contribution < -0.4 is 0 Å². The Morgan fingerprint density at radius 1 is 1.27 bits per heavy atom. The quantitative estimate of drug-likeness (QED) is 0.620. The lowest BCUT2D eigenvalue weighted by molar-refractivity contribution is -0.106. The van der Waals surface area contributed by atoms with E-state index in [0.29, 0.717) is 0 Å². The summed E-state index contributed by atoms with van der Waals surface area (Å²) >= 11 is 0. The predicted molar refractivity (Wildman–Crippen MR) is 30.1 cm³/mol. The fourth-order valence-electron chi connectivity index (χ4n) is 0.355. The fourth-order valence-corrected chi connectivity index (χ4v) is 1.06. The van der Waals surface area contributed by atoms with Gasteiger partial charge in [0.1, 0.15) is 5.75 Å². The lowest BCUT2D eigenvalue weighted by atomic mass is 10.8. The van der Waals surface area contributed by atoms with Gasteiger partial charge in [-0.05, 0) is 0 Å². The van der Waals surface area contributed by atoms with Crippen LogP contribution in [0.15, 0.2) is 11.7 Å². The van der Waals surface area contributed by atoms with Crippen molar-refractivity contribution in [2.45, 2.75) is 6.18 Å². The largest absolute Gasteiger partial charge is 0.403 e. The van der Waals surface area contributed by atoms with Crippen LogP contribution in [0.1, 0.15) is 0 Å². The van der Waals surface area contributed by atoms with E-state index in [2.05, 4.69) is 0 Å². The molecule has 66 valence electrons. The first-order valence-electron chi connectivity index (χ1n) is 2.33. The number of halogens is 4. The van der Waals surface area contributed by atoms with Crippen molar-refractivity contribution >= 4 is 9.84 Å². The maximum absolute atomic E-state index is 11.3. The number of rotatable bonds is 2. The minimum absolute atomic E-state index is 0.125. The van der Waals surface area contributed by atoms with E-state index in [4.69, 9.17) is 0 Å². The van der Waals surface area contributed by atoms with Crippen molar-refractivity contribution in [1.82, 2.24) is 0 Å². The van der Waals surface area contributed by atoms with Crippen molar-refractivity contribution in [3.8, 4) is 0 Å². The molecule has 0 aliphatic heterocycles. The molecule has 7 heteroatoms. The second kappa shape index (κ2) is 3.21. The molecule has 0 heterocycles. The molecule has 0 amide bonds. The molecule has 0 bridgehead atoms. The zero-order chi connectivity index (χ0) is 9.12. The summed E-state index contributed by atoms with van der Waals surface area (Å²) in [6.45, 7) is 0. The molecule has 0 aromatic heterocycles. The molecular weight excluding hydrogens is 188 g/mol. The van der Waals surface area contributed by atoms with Crippen molar-refractivity contribution in [1.29, 1.82) is 0 Å². The van der Waals surface area contributed by atoms with E-state index < -0.39 is 28.1 Å². The van der Waals surface area contributed by atoms with Crippen molar-refractivity contribution in [3.63, 3.8) is 0 Å². The van der Waals surface area contributed by atoms with Crippen LogP contribution in [0.25, 0.3) is 0 Å². The first kappa shape index (κ1) is 10.4. The topological polar surface area (TPSA) is 34.1 Å². The summed E-state index contributed by atoms with van der Waals surface area (Å²) in [5, 5.41) is -0.125. The molecule has 0 atom stereocenters. The molecule has 0 aromatic carbocycles. The summed E-state index contributed by atoms with van der Waals surface area (Å²) < 4.78 is 65.6. The lowest BCUT2D eigenvalue weighted by Crippen LogP contribution is -2.20. The van der Waals surface area contributed by atoms with Crippen LogP contribution in [-0.2, 0) is 9.84 Å². The van der Waals surface area contributed by atoms with Crippen LogP contribution in [-0.4, -0.2) is 20.3 Å². The van der Waals surface area contributed by atoms with Gasteiger partial charge in [-0.15, -0.1) is 0 Å². The van der Waals surface area contributed by atoms with E-state index in [9.17, 15) is 26.0 Å². The minimum atomic E-state index is -4.82. The molecule has 0 saturated heterocycles. The molecule has 0 fully saturated rings. The Morgan fingerprint density at radius 3 is 2.00 bits per heavy atom. The van der Waals surface area contributed by atoms with Crippen LogP contribution in [0.2, 0.25) is 0 Å². The fraction of sp³-hybridized carbons (Fsp3) is 0.500. The summed E-state index contributed by atoms with van der Waals surface area (Å²) in [6.07, 6.45) is -5.26. The molecule has 0 saturated carbocycles. The number of hydrogen-bond donors (Lipinski definition) is 0. The molecular formula is C4H4F4O2S. The van der Waals surface area contributed by atoms with E-state index in [1.165, 1.54) is 0 Å². The van der Waals surface area contributed by atoms with E-state index >= 15 is 0 Å². The standard InChI is InChI=1S/C4H4F4O2S/c5-1-2-11(9,10)3-4(6,7)8/h1-2H,3H2/b2-1+. The maximum atomic E-state index is 11.3. The van der Waals surface area contributed by atoms with Gasteiger partial charge < -0.3 is 0 Å². The number of sulfone groups is 1. The number of alkyl halides is 3. The van der Waals surface area contributed by atoms with Gasteiger partial charge in [0.05, 0.1) is 11.7 Å². The van der Waals surface area contributed by atoms with Gasteiger partial charge >= 0.3 is 6.18 Å². The Bertz CT molecular complexity index is 237. The first-order chi connectivity index (χ1) is 4.77. The zero-order valence-corrected chi connectivity index (χ0v) is 5.91. The Hall–Kier alpha value is -0.590. The van der Waals surface area contributed by atoms with Crippen molar-refractivity contribution < 1.29 is 26.0 Å². The summed E-state index contributed by atoms with van der Waals surface area (Å²) in [4.78, 5) is 0. The molecule has 0 spiro atoms. The molecule has 2 nitrogen and oxygen atoms in total. The molecule has 11 heavy (non-hydrogen) atoms. The summed E-state index contributed by atoms with van der Waals surface area (Å²) in [6, 6.07) is 0. The van der Waals surface area contributed by atoms with Crippen LogP contribution >= 0.6 is 0 Å². The first-order valence-corrected chi connectivity index (χ1v) is 4.05. The highest BCUT2D eigenvalue weighted by atomic mass is 32.2. The normalized spacial score (nSPS) is 14.2. The van der Waals surface area contributed by atoms with Gasteiger partial charge in [-0.3, -0.25) is 0 Å². The van der Waals surface area contributed by atoms with Crippen LogP contribution in [0.5, 0.6) is 0 Å². The van der Waals surface area contributed by atoms with Crippen LogP contribution in [0, 0.1) is 0 Å². The van der Waals surface area contributed by atoms with Gasteiger partial charge in [0.15, 0.2) is 9.84 Å². The highest BCUT2D eigenvalue weighted by molar-refractivity contribution is 7.94.